The summed E-state index contributed by atoms with van der Waals surface area (Å²) in [4.78, 5) is 0. The third-order valence-corrected chi connectivity index (χ3v) is 4.02. The van der Waals surface area contributed by atoms with Crippen LogP contribution in [0, 0.1) is 0 Å². The van der Waals surface area contributed by atoms with Gasteiger partial charge in [0.1, 0.15) is 6.17 Å². The molecule has 0 bridgehead atoms. The average Bonchev–Trinajstić information content (AvgIpc) is 2.11. The Morgan fingerprint density at radius 2 is 2.20 bits per heavy atom. The molecule has 0 aromatic heterocycles. The van der Waals surface area contributed by atoms with E-state index >= 15 is 0 Å². The highest BCUT2D eigenvalue weighted by Crippen LogP contribution is 2.19. The van der Waals surface area contributed by atoms with E-state index < -0.39 is 13.4 Å². The highest BCUT2D eigenvalue weighted by atomic mass is 127. The Bertz CT molecular complexity index is 217. The van der Waals surface area contributed by atoms with Gasteiger partial charge in [0.05, 0.1) is 21.2 Å². The summed E-state index contributed by atoms with van der Waals surface area (Å²) in [5.41, 5.74) is 0. The first kappa shape index (κ1) is 8.66. The van der Waals surface area contributed by atoms with Crippen LogP contribution in [-0.2, 0) is 7.19 Å². The molecule has 0 amide bonds. The zero-order valence-electron chi connectivity index (χ0n) is 5.13. The van der Waals surface area contributed by atoms with E-state index in [0.717, 1.165) is 4.31 Å². The minimum Gasteiger partial charge on any atom is -0.246 e. The molecular formula is C4H7FINO2S. The van der Waals surface area contributed by atoms with Crippen LogP contribution in [0.5, 0.6) is 0 Å². The van der Waals surface area contributed by atoms with Crippen molar-refractivity contribution in [3.8, 4) is 0 Å². The average molecular weight is 279 g/mol. The molecule has 0 aliphatic carbocycles. The van der Waals surface area contributed by atoms with Gasteiger partial charge in [0.25, 0.3) is 7.19 Å². The number of halogens is 2. The molecule has 0 aromatic rings. The molecule has 1 aliphatic heterocycles. The summed E-state index contributed by atoms with van der Waals surface area (Å²) in [6.07, 6.45) is -0.632. The number of hydrogen-bond acceptors (Lipinski definition) is 2. The van der Waals surface area contributed by atoms with E-state index in [0.29, 0.717) is 13.0 Å². The Morgan fingerprint density at radius 1 is 1.60 bits per heavy atom. The van der Waals surface area contributed by atoms with E-state index in [-0.39, 0.29) is 6.54 Å². The summed E-state index contributed by atoms with van der Waals surface area (Å²) >= 11 is 1.32. The smallest absolute Gasteiger partial charge is 0.246 e. The summed E-state index contributed by atoms with van der Waals surface area (Å²) in [6.45, 7) is 0.359. The van der Waals surface area contributed by atoms with Crippen molar-refractivity contribution in [2.75, 3.05) is 13.1 Å². The Morgan fingerprint density at radius 3 is 2.40 bits per heavy atom. The summed E-state index contributed by atoms with van der Waals surface area (Å²) < 4.78 is 35.0. The predicted molar refractivity (Wildman–Crippen MR) is 44.0 cm³/mol. The molecule has 3 nitrogen and oxygen atoms in total. The molecule has 1 aliphatic rings. The minimum absolute atomic E-state index is 0.0330. The monoisotopic (exact) mass is 279 g/mol. The first-order chi connectivity index (χ1) is 4.50. The third-order valence-electron chi connectivity index (χ3n) is 1.40. The fourth-order valence-corrected chi connectivity index (χ4v) is 2.62. The van der Waals surface area contributed by atoms with E-state index in [1.807, 2.05) is 0 Å². The van der Waals surface area contributed by atoms with Crippen molar-refractivity contribution in [2.24, 2.45) is 0 Å². The molecule has 6 heteroatoms. The van der Waals surface area contributed by atoms with Crippen molar-refractivity contribution in [3.05, 3.63) is 0 Å². The second-order valence-corrected chi connectivity index (χ2v) is 6.87. The molecule has 10 heavy (non-hydrogen) atoms. The Balaban J connectivity index is 2.62. The molecule has 1 atom stereocenters. The van der Waals surface area contributed by atoms with Gasteiger partial charge in [-0.15, -0.1) is 0 Å². The van der Waals surface area contributed by atoms with Crippen molar-refractivity contribution < 1.29 is 12.8 Å². The summed E-state index contributed by atoms with van der Waals surface area (Å²) in [7, 11) is -3.17. The number of rotatable bonds is 1. The topological polar surface area (TPSA) is 37.4 Å². The number of nitrogens with zero attached hydrogens (tertiary/aromatic N) is 1. The second kappa shape index (κ2) is 2.90. The lowest BCUT2D eigenvalue weighted by Crippen LogP contribution is -2.23. The summed E-state index contributed by atoms with van der Waals surface area (Å²) in [5, 5.41) is 0. The van der Waals surface area contributed by atoms with Crippen molar-refractivity contribution in [3.63, 3.8) is 0 Å². The first-order valence-electron chi connectivity index (χ1n) is 2.84. The quantitative estimate of drug-likeness (QED) is 0.523. The third kappa shape index (κ3) is 2.03. The summed E-state index contributed by atoms with van der Waals surface area (Å²) in [6, 6.07) is 0. The van der Waals surface area contributed by atoms with Gasteiger partial charge < -0.3 is 0 Å². The van der Waals surface area contributed by atoms with Crippen molar-refractivity contribution in [2.45, 2.75) is 12.6 Å². The lowest BCUT2D eigenvalue weighted by atomic mass is 10.4. The van der Waals surface area contributed by atoms with E-state index in [4.69, 9.17) is 0 Å². The number of alkyl halides is 1. The maximum atomic E-state index is 12.4. The van der Waals surface area contributed by atoms with Crippen molar-refractivity contribution in [1.29, 1.82) is 0 Å². The molecule has 0 unspecified atom stereocenters. The Kier molecular flexibility index (Phi) is 2.51. The van der Waals surface area contributed by atoms with Crippen LogP contribution in [0.3, 0.4) is 0 Å². The molecule has 60 valence electrons. The highest BCUT2D eigenvalue weighted by molar-refractivity contribution is 14.2. The second-order valence-electron chi connectivity index (χ2n) is 2.19. The first-order valence-corrected chi connectivity index (χ1v) is 6.82. The van der Waals surface area contributed by atoms with E-state index in [9.17, 15) is 12.8 Å². The van der Waals surface area contributed by atoms with E-state index in [1.165, 1.54) is 21.2 Å². The molecule has 0 aromatic carbocycles. The van der Waals surface area contributed by atoms with E-state index in [2.05, 4.69) is 0 Å². The van der Waals surface area contributed by atoms with Crippen LogP contribution in [0.1, 0.15) is 6.42 Å². The fraction of sp³-hybridized carbons (Fsp3) is 1.00. The molecule has 1 rings (SSSR count). The Labute approximate surface area is 71.2 Å². The standard InChI is InChI=1S/C4H7FINO2S/c5-4-1-2-7(3-4)10(6,8)9/h4H,1-3H2/t4-/m1/s1. The van der Waals surface area contributed by atoms with Gasteiger partial charge in [0, 0.05) is 13.1 Å². The van der Waals surface area contributed by atoms with Gasteiger partial charge in [-0.25, -0.2) is 12.8 Å². The minimum atomic E-state index is -3.17. The van der Waals surface area contributed by atoms with Crippen LogP contribution in [0.15, 0.2) is 0 Å². The molecule has 0 N–H and O–H groups in total. The van der Waals surface area contributed by atoms with Gasteiger partial charge >= 0.3 is 0 Å². The van der Waals surface area contributed by atoms with Gasteiger partial charge in [0.2, 0.25) is 0 Å². The van der Waals surface area contributed by atoms with Crippen LogP contribution in [0.2, 0.25) is 0 Å². The normalized spacial score (nSPS) is 29.2. The molecule has 0 radical (unpaired) electrons. The molecule has 1 heterocycles. The number of hydrogen-bond donors (Lipinski definition) is 0. The maximum absolute atomic E-state index is 12.4. The van der Waals surface area contributed by atoms with Gasteiger partial charge in [-0.3, -0.25) is 0 Å². The molecule has 1 fully saturated rings. The SMILES string of the molecule is O=S(=O)(I)N1CC[C@@H](F)C1. The highest BCUT2D eigenvalue weighted by Gasteiger charge is 2.28. The molecule has 0 saturated carbocycles. The van der Waals surface area contributed by atoms with Crippen LogP contribution in [0.25, 0.3) is 0 Å². The van der Waals surface area contributed by atoms with Gasteiger partial charge in [0.15, 0.2) is 0 Å². The molecule has 0 spiro atoms. The van der Waals surface area contributed by atoms with Crippen molar-refractivity contribution >= 4 is 28.4 Å². The zero-order valence-corrected chi connectivity index (χ0v) is 8.10. The largest absolute Gasteiger partial charge is 0.267 e. The van der Waals surface area contributed by atoms with Gasteiger partial charge in [-0.2, -0.15) is 4.31 Å². The van der Waals surface area contributed by atoms with Crippen molar-refractivity contribution in [1.82, 2.24) is 4.31 Å². The zero-order chi connectivity index (χ0) is 7.78. The lowest BCUT2D eigenvalue weighted by Gasteiger charge is -2.08. The Hall–Kier alpha value is 0.570. The van der Waals surface area contributed by atoms with Crippen LogP contribution >= 0.6 is 21.2 Å². The molecular weight excluding hydrogens is 272 g/mol. The van der Waals surface area contributed by atoms with Crippen LogP contribution in [0.4, 0.5) is 4.39 Å². The van der Waals surface area contributed by atoms with Crippen LogP contribution < -0.4 is 0 Å². The van der Waals surface area contributed by atoms with E-state index in [1.54, 1.807) is 0 Å². The fourth-order valence-electron chi connectivity index (χ4n) is 0.886. The lowest BCUT2D eigenvalue weighted by molar-refractivity contribution is 0.345. The predicted octanol–water partition coefficient (Wildman–Crippen LogP) is 0.710. The molecule has 1 saturated heterocycles. The van der Waals surface area contributed by atoms with Crippen LogP contribution in [-0.4, -0.2) is 32.0 Å². The van der Waals surface area contributed by atoms with Gasteiger partial charge in [-0.05, 0) is 6.42 Å². The van der Waals surface area contributed by atoms with Gasteiger partial charge in [-0.1, -0.05) is 0 Å². The maximum Gasteiger partial charge on any atom is 0.267 e. The summed E-state index contributed by atoms with van der Waals surface area (Å²) in [5.74, 6) is 0.